The van der Waals surface area contributed by atoms with E-state index in [2.05, 4.69) is 43.0 Å². The van der Waals surface area contributed by atoms with Gasteiger partial charge in [-0.2, -0.15) is 0 Å². The molecule has 19 heavy (non-hydrogen) atoms. The highest BCUT2D eigenvalue weighted by atomic mass is 15.2. The predicted octanol–water partition coefficient (Wildman–Crippen LogP) is 3.29. The third-order valence-electron chi connectivity index (χ3n) is 4.80. The van der Waals surface area contributed by atoms with E-state index in [-0.39, 0.29) is 0 Å². The van der Waals surface area contributed by atoms with Gasteiger partial charge in [-0.25, -0.2) is 0 Å². The number of likely N-dealkylation sites (tertiary alicyclic amines) is 1. The Balaban J connectivity index is 1.83. The quantitative estimate of drug-likeness (QED) is 0.898. The van der Waals surface area contributed by atoms with Crippen molar-refractivity contribution >= 4 is 0 Å². The van der Waals surface area contributed by atoms with Crippen LogP contribution in [0.5, 0.6) is 0 Å². The zero-order valence-corrected chi connectivity index (χ0v) is 12.2. The van der Waals surface area contributed by atoms with Crippen LogP contribution in [0, 0.1) is 5.92 Å². The van der Waals surface area contributed by atoms with Crippen molar-refractivity contribution in [2.75, 3.05) is 13.1 Å². The van der Waals surface area contributed by atoms with Gasteiger partial charge in [0.05, 0.1) is 0 Å². The average Bonchev–Trinajstić information content (AvgIpc) is 3.18. The molecule has 104 valence electrons. The molecule has 1 saturated heterocycles. The Kier molecular flexibility index (Phi) is 3.64. The van der Waals surface area contributed by atoms with Crippen LogP contribution < -0.4 is 5.73 Å². The van der Waals surface area contributed by atoms with Crippen LogP contribution in [-0.4, -0.2) is 24.0 Å². The van der Waals surface area contributed by atoms with Crippen LogP contribution in [-0.2, 0) is 0 Å². The molecule has 1 aromatic carbocycles. The van der Waals surface area contributed by atoms with Crippen LogP contribution in [0.4, 0.5) is 0 Å². The largest absolute Gasteiger partial charge is 0.329 e. The number of hydrogen-bond donors (Lipinski definition) is 1. The van der Waals surface area contributed by atoms with Crippen molar-refractivity contribution in [1.29, 1.82) is 0 Å². The van der Waals surface area contributed by atoms with Crippen LogP contribution in [0.3, 0.4) is 0 Å². The van der Waals surface area contributed by atoms with Gasteiger partial charge in [-0.05, 0) is 49.1 Å². The summed E-state index contributed by atoms with van der Waals surface area (Å²) in [5.41, 5.74) is 9.04. The van der Waals surface area contributed by atoms with Crippen LogP contribution in [0.2, 0.25) is 0 Å². The van der Waals surface area contributed by atoms with E-state index in [4.69, 9.17) is 5.73 Å². The molecular weight excluding hydrogens is 232 g/mol. The molecule has 1 aliphatic carbocycles. The van der Waals surface area contributed by atoms with Gasteiger partial charge in [-0.15, -0.1) is 0 Å². The maximum atomic E-state index is 6.09. The molecule has 2 heteroatoms. The first-order chi connectivity index (χ1) is 9.19. The molecule has 1 aliphatic heterocycles. The Morgan fingerprint density at radius 1 is 1.32 bits per heavy atom. The minimum Gasteiger partial charge on any atom is -0.329 e. The van der Waals surface area contributed by atoms with Crippen LogP contribution in [0.1, 0.15) is 56.2 Å². The summed E-state index contributed by atoms with van der Waals surface area (Å²) < 4.78 is 0. The first-order valence-corrected chi connectivity index (χ1v) is 7.74. The van der Waals surface area contributed by atoms with Gasteiger partial charge in [0.25, 0.3) is 0 Å². The summed E-state index contributed by atoms with van der Waals surface area (Å²) >= 11 is 0. The van der Waals surface area contributed by atoms with Crippen LogP contribution in [0.15, 0.2) is 24.3 Å². The molecule has 3 atom stereocenters. The van der Waals surface area contributed by atoms with E-state index in [0.29, 0.717) is 12.1 Å². The van der Waals surface area contributed by atoms with Crippen LogP contribution in [0.25, 0.3) is 0 Å². The van der Waals surface area contributed by atoms with Gasteiger partial charge >= 0.3 is 0 Å². The number of nitrogens with two attached hydrogens (primary N) is 1. The second-order valence-corrected chi connectivity index (χ2v) is 6.58. The minimum absolute atomic E-state index is 0.402. The zero-order valence-electron chi connectivity index (χ0n) is 12.2. The van der Waals surface area contributed by atoms with E-state index in [1.165, 1.54) is 36.9 Å². The van der Waals surface area contributed by atoms with Gasteiger partial charge in [0, 0.05) is 25.2 Å². The molecule has 2 fully saturated rings. The van der Waals surface area contributed by atoms with E-state index in [1.807, 2.05) is 0 Å². The fraction of sp³-hybridized carbons (Fsp3) is 0.647. The lowest BCUT2D eigenvalue weighted by molar-refractivity contribution is 0.192. The van der Waals surface area contributed by atoms with E-state index < -0.39 is 0 Å². The molecule has 0 amide bonds. The molecule has 2 N–H and O–H groups in total. The fourth-order valence-electron chi connectivity index (χ4n) is 3.67. The number of nitrogens with zero attached hydrogens (tertiary/aromatic N) is 1. The van der Waals surface area contributed by atoms with Crippen LogP contribution >= 0.6 is 0 Å². The van der Waals surface area contributed by atoms with E-state index in [1.54, 1.807) is 0 Å². The molecule has 1 aromatic rings. The van der Waals surface area contributed by atoms with Crippen molar-refractivity contribution in [2.24, 2.45) is 11.7 Å². The highest BCUT2D eigenvalue weighted by Crippen LogP contribution is 2.41. The summed E-state index contributed by atoms with van der Waals surface area (Å²) in [5.74, 6) is 1.63. The second kappa shape index (κ2) is 5.26. The smallest absolute Gasteiger partial charge is 0.0473 e. The van der Waals surface area contributed by atoms with E-state index >= 15 is 0 Å². The Morgan fingerprint density at radius 3 is 2.68 bits per heavy atom. The summed E-state index contributed by atoms with van der Waals surface area (Å²) in [7, 11) is 0. The zero-order chi connectivity index (χ0) is 13.4. The summed E-state index contributed by atoms with van der Waals surface area (Å²) in [4.78, 5) is 2.61. The first kappa shape index (κ1) is 13.1. The molecule has 0 aromatic heterocycles. The van der Waals surface area contributed by atoms with Gasteiger partial charge < -0.3 is 5.73 Å². The van der Waals surface area contributed by atoms with Gasteiger partial charge in [0.1, 0.15) is 0 Å². The van der Waals surface area contributed by atoms with Crippen molar-refractivity contribution in [2.45, 2.75) is 51.1 Å². The Morgan fingerprint density at radius 2 is 2.11 bits per heavy atom. The monoisotopic (exact) mass is 258 g/mol. The second-order valence-electron chi connectivity index (χ2n) is 6.58. The fourth-order valence-corrected chi connectivity index (χ4v) is 3.67. The normalized spacial score (nSPS) is 29.6. The summed E-state index contributed by atoms with van der Waals surface area (Å²) in [6.07, 6.45) is 4.04. The summed E-state index contributed by atoms with van der Waals surface area (Å²) in [5, 5.41) is 0. The highest BCUT2D eigenvalue weighted by Gasteiger charge is 2.32. The van der Waals surface area contributed by atoms with Crippen molar-refractivity contribution in [3.63, 3.8) is 0 Å². The molecular formula is C17H26N2. The van der Waals surface area contributed by atoms with Gasteiger partial charge in [0.15, 0.2) is 0 Å². The minimum atomic E-state index is 0.402. The molecule has 1 saturated carbocycles. The molecule has 2 aliphatic rings. The van der Waals surface area contributed by atoms with Gasteiger partial charge in [-0.1, -0.05) is 31.2 Å². The van der Waals surface area contributed by atoms with E-state index in [9.17, 15) is 0 Å². The lowest BCUT2D eigenvalue weighted by Gasteiger charge is -2.31. The number of hydrogen-bond acceptors (Lipinski definition) is 2. The lowest BCUT2D eigenvalue weighted by atomic mass is 10.00. The molecule has 1 heterocycles. The first-order valence-electron chi connectivity index (χ1n) is 7.74. The molecule has 3 unspecified atom stereocenters. The molecule has 3 rings (SSSR count). The topological polar surface area (TPSA) is 29.3 Å². The summed E-state index contributed by atoms with van der Waals surface area (Å²) in [6.45, 7) is 6.61. The lowest BCUT2D eigenvalue weighted by Crippen LogP contribution is -2.36. The van der Waals surface area contributed by atoms with E-state index in [0.717, 1.165) is 18.4 Å². The Hall–Kier alpha value is -0.860. The summed E-state index contributed by atoms with van der Waals surface area (Å²) in [6, 6.07) is 10.2. The molecule has 2 nitrogen and oxygen atoms in total. The third kappa shape index (κ3) is 2.70. The maximum Gasteiger partial charge on any atom is 0.0473 e. The Labute approximate surface area is 117 Å². The molecule has 0 radical (unpaired) electrons. The van der Waals surface area contributed by atoms with Crippen molar-refractivity contribution in [3.8, 4) is 0 Å². The van der Waals surface area contributed by atoms with Gasteiger partial charge in [0.2, 0.25) is 0 Å². The number of benzene rings is 1. The number of rotatable bonds is 4. The van der Waals surface area contributed by atoms with Gasteiger partial charge in [-0.3, -0.25) is 4.90 Å². The molecule has 0 spiro atoms. The Bertz CT molecular complexity index is 439. The third-order valence-corrected chi connectivity index (χ3v) is 4.80. The SMILES string of the molecule is CC1CC(C)N(C(CN)c2cccc(C3CC3)c2)C1. The molecule has 0 bridgehead atoms. The predicted molar refractivity (Wildman–Crippen MR) is 80.2 cm³/mol. The van der Waals surface area contributed by atoms with Crippen molar-refractivity contribution in [3.05, 3.63) is 35.4 Å². The standard InChI is InChI=1S/C17H26N2/c1-12-8-13(2)19(11-12)17(10-18)16-5-3-4-15(9-16)14-6-7-14/h3-5,9,12-14,17H,6-8,10-11,18H2,1-2H3. The highest BCUT2D eigenvalue weighted by molar-refractivity contribution is 5.31. The maximum absolute atomic E-state index is 6.09. The average molecular weight is 258 g/mol. The van der Waals surface area contributed by atoms with Crippen molar-refractivity contribution in [1.82, 2.24) is 4.90 Å². The van der Waals surface area contributed by atoms with Crippen molar-refractivity contribution < 1.29 is 0 Å².